The molecule has 1 aromatic carbocycles. The summed E-state index contributed by atoms with van der Waals surface area (Å²) in [4.78, 5) is 20.4. The first-order valence-electron chi connectivity index (χ1n) is 7.38. The lowest BCUT2D eigenvalue weighted by molar-refractivity contribution is -0.124. The molecule has 0 saturated carbocycles. The Bertz CT molecular complexity index is 678. The number of halogens is 1. The Kier molecular flexibility index (Phi) is 6.08. The van der Waals surface area contributed by atoms with Gasteiger partial charge in [-0.15, -0.1) is 12.4 Å². The van der Waals surface area contributed by atoms with E-state index in [1.165, 1.54) is 6.20 Å². The van der Waals surface area contributed by atoms with Gasteiger partial charge in [0.1, 0.15) is 11.3 Å². The number of carbonyl (C=O) groups is 1. The number of anilines is 1. The van der Waals surface area contributed by atoms with Crippen molar-refractivity contribution >= 4 is 24.0 Å². The zero-order chi connectivity index (χ0) is 16.1. The highest BCUT2D eigenvalue weighted by Gasteiger charge is 2.35. The number of ether oxygens (including phenoxy) is 2. The van der Waals surface area contributed by atoms with Gasteiger partial charge in [-0.05, 0) is 25.0 Å². The Balaban J connectivity index is 0.00000208. The van der Waals surface area contributed by atoms with Crippen molar-refractivity contribution in [2.45, 2.75) is 18.4 Å². The molecule has 0 radical (unpaired) electrons. The number of nitrogens with two attached hydrogens (primary N) is 1. The van der Waals surface area contributed by atoms with Crippen molar-refractivity contribution in [1.29, 1.82) is 0 Å². The Morgan fingerprint density at radius 3 is 2.79 bits per heavy atom. The molecule has 24 heavy (non-hydrogen) atoms. The zero-order valence-electron chi connectivity index (χ0n) is 13.0. The fourth-order valence-corrected chi connectivity index (χ4v) is 2.31. The van der Waals surface area contributed by atoms with Gasteiger partial charge in [-0.1, -0.05) is 6.07 Å². The molecular weight excluding hydrogens is 332 g/mol. The number of nitrogens with one attached hydrogen (secondary N) is 1. The van der Waals surface area contributed by atoms with Crippen LogP contribution in [0.15, 0.2) is 42.9 Å². The summed E-state index contributed by atoms with van der Waals surface area (Å²) in [6.45, 7) is 0.999. The third kappa shape index (κ3) is 4.41. The van der Waals surface area contributed by atoms with Crippen molar-refractivity contribution in [3.8, 4) is 11.6 Å². The Hall–Kier alpha value is -2.22. The quantitative estimate of drug-likeness (QED) is 0.876. The molecule has 1 aliphatic rings. The number of aromatic nitrogens is 2. The van der Waals surface area contributed by atoms with Crippen LogP contribution in [0.1, 0.15) is 12.8 Å². The molecule has 0 spiro atoms. The number of rotatable bonds is 4. The molecule has 2 aromatic rings. The highest BCUT2D eigenvalue weighted by Crippen LogP contribution is 2.24. The standard InChI is InChI=1S/C16H18N4O3.ClH/c17-16(4-8-22-9-5-16)15(21)20-12-2-1-3-13(10-12)23-14-11-18-6-7-19-14;/h1-3,6-7,10-11H,4-5,8-9,17H2,(H,20,21);1H. The van der Waals surface area contributed by atoms with Gasteiger partial charge in [0, 0.05) is 37.4 Å². The molecular formula is C16H19ClN4O3. The second-order valence-electron chi connectivity index (χ2n) is 5.40. The fraction of sp³-hybridized carbons (Fsp3) is 0.312. The van der Waals surface area contributed by atoms with Gasteiger partial charge < -0.3 is 20.5 Å². The largest absolute Gasteiger partial charge is 0.437 e. The molecule has 2 heterocycles. The van der Waals surface area contributed by atoms with Gasteiger partial charge in [0.2, 0.25) is 11.8 Å². The smallest absolute Gasteiger partial charge is 0.244 e. The minimum Gasteiger partial charge on any atom is -0.437 e. The van der Waals surface area contributed by atoms with Crippen LogP contribution in [0.3, 0.4) is 0 Å². The molecule has 3 N–H and O–H groups in total. The second kappa shape index (κ2) is 8.05. The van der Waals surface area contributed by atoms with Crippen LogP contribution in [0.5, 0.6) is 11.6 Å². The van der Waals surface area contributed by atoms with Crippen LogP contribution in [0.2, 0.25) is 0 Å². The van der Waals surface area contributed by atoms with Crippen molar-refractivity contribution in [3.05, 3.63) is 42.9 Å². The maximum atomic E-state index is 12.4. The SMILES string of the molecule is Cl.NC1(C(=O)Nc2cccc(Oc3cnccn3)c2)CCOCC1. The highest BCUT2D eigenvalue weighted by atomic mass is 35.5. The summed E-state index contributed by atoms with van der Waals surface area (Å²) in [6.07, 6.45) is 5.65. The second-order valence-corrected chi connectivity index (χ2v) is 5.40. The molecule has 1 aromatic heterocycles. The maximum absolute atomic E-state index is 12.4. The number of hydrogen-bond acceptors (Lipinski definition) is 6. The monoisotopic (exact) mass is 350 g/mol. The first-order valence-corrected chi connectivity index (χ1v) is 7.38. The van der Waals surface area contributed by atoms with Crippen molar-refractivity contribution < 1.29 is 14.3 Å². The third-order valence-corrected chi connectivity index (χ3v) is 3.69. The van der Waals surface area contributed by atoms with E-state index in [4.69, 9.17) is 15.2 Å². The lowest BCUT2D eigenvalue weighted by atomic mass is 9.90. The molecule has 0 bridgehead atoms. The predicted molar refractivity (Wildman–Crippen MR) is 91.4 cm³/mol. The number of benzene rings is 1. The molecule has 1 saturated heterocycles. The van der Waals surface area contributed by atoms with E-state index in [1.54, 1.807) is 36.7 Å². The molecule has 0 aliphatic carbocycles. The summed E-state index contributed by atoms with van der Waals surface area (Å²) in [6, 6.07) is 7.06. The molecule has 0 unspecified atom stereocenters. The van der Waals surface area contributed by atoms with E-state index in [9.17, 15) is 4.79 Å². The van der Waals surface area contributed by atoms with Crippen molar-refractivity contribution in [2.75, 3.05) is 18.5 Å². The van der Waals surface area contributed by atoms with Gasteiger partial charge >= 0.3 is 0 Å². The lowest BCUT2D eigenvalue weighted by Crippen LogP contribution is -2.54. The lowest BCUT2D eigenvalue weighted by Gasteiger charge is -2.31. The molecule has 0 atom stereocenters. The van der Waals surface area contributed by atoms with Crippen molar-refractivity contribution in [3.63, 3.8) is 0 Å². The molecule has 3 rings (SSSR count). The van der Waals surface area contributed by atoms with E-state index in [0.29, 0.717) is 43.4 Å². The van der Waals surface area contributed by atoms with E-state index in [2.05, 4.69) is 15.3 Å². The van der Waals surface area contributed by atoms with Crippen molar-refractivity contribution in [1.82, 2.24) is 9.97 Å². The molecule has 7 nitrogen and oxygen atoms in total. The van der Waals surface area contributed by atoms with Crippen LogP contribution in [0.4, 0.5) is 5.69 Å². The summed E-state index contributed by atoms with van der Waals surface area (Å²) in [5.41, 5.74) is 5.90. The third-order valence-electron chi connectivity index (χ3n) is 3.69. The predicted octanol–water partition coefficient (Wildman–Crippen LogP) is 2.14. The first-order chi connectivity index (χ1) is 11.2. The van der Waals surface area contributed by atoms with E-state index >= 15 is 0 Å². The maximum Gasteiger partial charge on any atom is 0.244 e. The summed E-state index contributed by atoms with van der Waals surface area (Å²) in [7, 11) is 0. The zero-order valence-corrected chi connectivity index (χ0v) is 13.8. The van der Waals surface area contributed by atoms with E-state index < -0.39 is 5.54 Å². The van der Waals surface area contributed by atoms with Gasteiger partial charge in [0.05, 0.1) is 6.20 Å². The van der Waals surface area contributed by atoms with Gasteiger partial charge in [-0.25, -0.2) is 4.98 Å². The van der Waals surface area contributed by atoms with Gasteiger partial charge in [0.15, 0.2) is 0 Å². The van der Waals surface area contributed by atoms with Gasteiger partial charge in [-0.2, -0.15) is 0 Å². The Morgan fingerprint density at radius 2 is 2.08 bits per heavy atom. The summed E-state index contributed by atoms with van der Waals surface area (Å²) >= 11 is 0. The van der Waals surface area contributed by atoms with Crippen LogP contribution in [0.25, 0.3) is 0 Å². The van der Waals surface area contributed by atoms with Crippen LogP contribution in [-0.4, -0.2) is 34.6 Å². The normalized spacial score (nSPS) is 15.9. The number of nitrogens with zero attached hydrogens (tertiary/aromatic N) is 2. The number of carbonyl (C=O) groups excluding carboxylic acids is 1. The van der Waals surface area contributed by atoms with Gasteiger partial charge in [0.25, 0.3) is 0 Å². The van der Waals surface area contributed by atoms with Crippen LogP contribution in [0, 0.1) is 0 Å². The Labute approximate surface area is 146 Å². The van der Waals surface area contributed by atoms with Crippen LogP contribution in [-0.2, 0) is 9.53 Å². The summed E-state index contributed by atoms with van der Waals surface area (Å²) in [5.74, 6) is 0.731. The Morgan fingerprint density at radius 1 is 1.29 bits per heavy atom. The summed E-state index contributed by atoms with van der Waals surface area (Å²) in [5, 5.41) is 2.84. The topological polar surface area (TPSA) is 99.4 Å². The molecule has 1 amide bonds. The minimum atomic E-state index is -0.889. The molecule has 8 heteroatoms. The van der Waals surface area contributed by atoms with Crippen molar-refractivity contribution in [2.24, 2.45) is 5.73 Å². The average molecular weight is 351 g/mol. The molecule has 1 aliphatic heterocycles. The number of hydrogen-bond donors (Lipinski definition) is 2. The molecule has 1 fully saturated rings. The minimum absolute atomic E-state index is 0. The van der Waals surface area contributed by atoms with E-state index in [0.717, 1.165) is 0 Å². The van der Waals surface area contributed by atoms with E-state index in [-0.39, 0.29) is 18.3 Å². The van der Waals surface area contributed by atoms with Crippen LogP contribution >= 0.6 is 12.4 Å². The van der Waals surface area contributed by atoms with Gasteiger partial charge in [-0.3, -0.25) is 9.78 Å². The summed E-state index contributed by atoms with van der Waals surface area (Å²) < 4.78 is 10.9. The number of amides is 1. The average Bonchev–Trinajstić information content (AvgIpc) is 2.57. The highest BCUT2D eigenvalue weighted by molar-refractivity contribution is 5.98. The molecule has 128 valence electrons. The first kappa shape index (κ1) is 18.1. The van der Waals surface area contributed by atoms with E-state index in [1.807, 2.05) is 0 Å². The fourth-order valence-electron chi connectivity index (χ4n) is 2.31. The van der Waals surface area contributed by atoms with Crippen LogP contribution < -0.4 is 15.8 Å².